The van der Waals surface area contributed by atoms with E-state index >= 15 is 0 Å². The highest BCUT2D eigenvalue weighted by Gasteiger charge is 2.26. The Bertz CT molecular complexity index is 630. The van der Waals surface area contributed by atoms with Crippen LogP contribution in [0.3, 0.4) is 0 Å². The zero-order chi connectivity index (χ0) is 17.7. The maximum absolute atomic E-state index is 12.4. The lowest BCUT2D eigenvalue weighted by atomic mass is 10.0. The maximum atomic E-state index is 12.4. The molecule has 140 valence electrons. The van der Waals surface area contributed by atoms with Gasteiger partial charge in [0.15, 0.2) is 0 Å². The molecule has 1 aromatic rings. The number of nitrogens with zero attached hydrogens (tertiary/aromatic N) is 3. The van der Waals surface area contributed by atoms with Gasteiger partial charge in [-0.15, -0.1) is 0 Å². The number of benzene rings is 1. The van der Waals surface area contributed by atoms with Gasteiger partial charge in [0.2, 0.25) is 0 Å². The fourth-order valence-electron chi connectivity index (χ4n) is 3.66. The quantitative estimate of drug-likeness (QED) is 0.826. The lowest BCUT2D eigenvalue weighted by Crippen LogP contribution is -2.50. The fraction of sp³-hybridized carbons (Fsp3) is 0.667. The molecule has 0 spiro atoms. The van der Waals surface area contributed by atoms with Gasteiger partial charge in [0.05, 0.1) is 0 Å². The van der Waals surface area contributed by atoms with Crippen molar-refractivity contribution in [2.24, 2.45) is 5.92 Å². The smallest absolute Gasteiger partial charge is 0.279 e. The Morgan fingerprint density at radius 2 is 1.80 bits per heavy atom. The van der Waals surface area contributed by atoms with E-state index < -0.39 is 10.2 Å². The molecule has 0 unspecified atom stereocenters. The van der Waals surface area contributed by atoms with Gasteiger partial charge in [0.1, 0.15) is 0 Å². The Balaban J connectivity index is 1.40. The van der Waals surface area contributed by atoms with Crippen molar-refractivity contribution in [2.45, 2.75) is 19.8 Å². The molecule has 2 aliphatic rings. The average molecular weight is 367 g/mol. The highest BCUT2D eigenvalue weighted by molar-refractivity contribution is 7.87. The molecule has 2 fully saturated rings. The zero-order valence-corrected chi connectivity index (χ0v) is 15.9. The van der Waals surface area contributed by atoms with Crippen molar-refractivity contribution in [3.05, 3.63) is 30.3 Å². The van der Waals surface area contributed by atoms with Crippen molar-refractivity contribution >= 4 is 15.9 Å². The summed E-state index contributed by atoms with van der Waals surface area (Å²) in [6.45, 7) is 8.58. The van der Waals surface area contributed by atoms with Gasteiger partial charge >= 0.3 is 0 Å². The molecule has 25 heavy (non-hydrogen) atoms. The first-order chi connectivity index (χ1) is 12.0. The van der Waals surface area contributed by atoms with E-state index in [1.807, 2.05) is 6.07 Å². The van der Waals surface area contributed by atoms with Gasteiger partial charge in [-0.05, 0) is 30.9 Å². The molecule has 2 heterocycles. The summed E-state index contributed by atoms with van der Waals surface area (Å²) >= 11 is 0. The van der Waals surface area contributed by atoms with Gasteiger partial charge in [-0.1, -0.05) is 25.1 Å². The van der Waals surface area contributed by atoms with E-state index in [9.17, 15) is 8.42 Å². The van der Waals surface area contributed by atoms with Crippen LogP contribution < -0.4 is 9.62 Å². The first-order valence-electron chi connectivity index (χ1n) is 9.32. The van der Waals surface area contributed by atoms with Crippen LogP contribution in [0.2, 0.25) is 0 Å². The Morgan fingerprint density at radius 3 is 2.48 bits per heavy atom. The van der Waals surface area contributed by atoms with Crippen LogP contribution in [0.4, 0.5) is 5.69 Å². The van der Waals surface area contributed by atoms with Crippen LogP contribution in [0, 0.1) is 5.92 Å². The summed E-state index contributed by atoms with van der Waals surface area (Å²) in [5.74, 6) is 0.455. The Hall–Kier alpha value is -1.15. The number of hydrogen-bond acceptors (Lipinski definition) is 4. The van der Waals surface area contributed by atoms with Crippen LogP contribution in [0.15, 0.2) is 30.3 Å². The third kappa shape index (κ3) is 5.17. The largest absolute Gasteiger partial charge is 0.369 e. The molecule has 2 aliphatic heterocycles. The molecule has 6 nitrogen and oxygen atoms in total. The topological polar surface area (TPSA) is 55.9 Å². The summed E-state index contributed by atoms with van der Waals surface area (Å²) in [4.78, 5) is 4.72. The maximum Gasteiger partial charge on any atom is 0.279 e. The van der Waals surface area contributed by atoms with Crippen LogP contribution >= 0.6 is 0 Å². The number of rotatable bonds is 6. The van der Waals surface area contributed by atoms with Gasteiger partial charge in [-0.2, -0.15) is 12.7 Å². The average Bonchev–Trinajstić information content (AvgIpc) is 2.63. The van der Waals surface area contributed by atoms with E-state index in [2.05, 4.69) is 45.7 Å². The zero-order valence-electron chi connectivity index (χ0n) is 15.1. The molecular formula is C18H30N4O2S. The van der Waals surface area contributed by atoms with Gasteiger partial charge < -0.3 is 4.90 Å². The van der Waals surface area contributed by atoms with Crippen molar-refractivity contribution in [1.29, 1.82) is 0 Å². The predicted molar refractivity (Wildman–Crippen MR) is 102 cm³/mol. The number of piperazine rings is 1. The van der Waals surface area contributed by atoms with Gasteiger partial charge in [-0.25, -0.2) is 4.72 Å². The highest BCUT2D eigenvalue weighted by Crippen LogP contribution is 2.18. The molecule has 0 saturated carbocycles. The third-order valence-electron chi connectivity index (χ3n) is 5.17. The van der Waals surface area contributed by atoms with Crippen LogP contribution in [-0.2, 0) is 10.2 Å². The van der Waals surface area contributed by atoms with E-state index in [4.69, 9.17) is 0 Å². The third-order valence-corrected chi connectivity index (χ3v) is 6.75. The van der Waals surface area contributed by atoms with E-state index in [1.54, 1.807) is 4.31 Å². The number of nitrogens with one attached hydrogen (secondary N) is 1. The van der Waals surface area contributed by atoms with Crippen LogP contribution in [0.1, 0.15) is 19.8 Å². The highest BCUT2D eigenvalue weighted by atomic mass is 32.2. The second-order valence-corrected chi connectivity index (χ2v) is 8.92. The molecule has 7 heteroatoms. The number of hydrogen-bond donors (Lipinski definition) is 1. The summed E-state index contributed by atoms with van der Waals surface area (Å²) in [5.41, 5.74) is 1.27. The van der Waals surface area contributed by atoms with Crippen molar-refractivity contribution in [3.8, 4) is 0 Å². The SMILES string of the molecule is C[C@@H]1CCCN(S(=O)(=O)NCCN2CCN(c3ccccc3)CC2)C1. The van der Waals surface area contributed by atoms with E-state index in [-0.39, 0.29) is 0 Å². The van der Waals surface area contributed by atoms with Crippen LogP contribution in [-0.4, -0.2) is 70.0 Å². The molecule has 0 radical (unpaired) electrons. The van der Waals surface area contributed by atoms with Crippen LogP contribution in [0.5, 0.6) is 0 Å². The van der Waals surface area contributed by atoms with Gasteiger partial charge in [-0.3, -0.25) is 4.90 Å². The molecule has 0 amide bonds. The molecule has 0 aliphatic carbocycles. The van der Waals surface area contributed by atoms with Gasteiger partial charge in [0, 0.05) is 58.0 Å². The second kappa shape index (κ2) is 8.49. The Morgan fingerprint density at radius 1 is 1.08 bits per heavy atom. The molecule has 0 aromatic heterocycles. The summed E-state index contributed by atoms with van der Waals surface area (Å²) in [6.07, 6.45) is 2.08. The van der Waals surface area contributed by atoms with E-state index in [1.165, 1.54) is 5.69 Å². The lowest BCUT2D eigenvalue weighted by molar-refractivity contribution is 0.257. The Kier molecular flexibility index (Phi) is 6.33. The fourth-order valence-corrected chi connectivity index (χ4v) is 5.01. The van der Waals surface area contributed by atoms with E-state index in [0.717, 1.165) is 45.6 Å². The number of anilines is 1. The molecule has 1 aromatic carbocycles. The molecule has 3 rings (SSSR count). The molecule has 0 bridgehead atoms. The van der Waals surface area contributed by atoms with Crippen molar-refractivity contribution in [3.63, 3.8) is 0 Å². The Labute approximate surface area is 152 Å². The normalized spacial score (nSPS) is 23.7. The summed E-state index contributed by atoms with van der Waals surface area (Å²) in [7, 11) is -3.32. The first kappa shape index (κ1) is 18.6. The van der Waals surface area contributed by atoms with Crippen LogP contribution in [0.25, 0.3) is 0 Å². The summed E-state index contributed by atoms with van der Waals surface area (Å²) in [6, 6.07) is 10.5. The van der Waals surface area contributed by atoms with Crippen molar-refractivity contribution < 1.29 is 8.42 Å². The van der Waals surface area contributed by atoms with Gasteiger partial charge in [0.25, 0.3) is 10.2 Å². The minimum atomic E-state index is -3.32. The minimum Gasteiger partial charge on any atom is -0.369 e. The van der Waals surface area contributed by atoms with E-state index in [0.29, 0.717) is 25.6 Å². The molecule has 1 N–H and O–H groups in total. The molecular weight excluding hydrogens is 336 g/mol. The predicted octanol–water partition coefficient (Wildman–Crippen LogP) is 1.37. The minimum absolute atomic E-state index is 0.455. The first-order valence-corrected chi connectivity index (χ1v) is 10.8. The number of piperidine rings is 1. The second-order valence-electron chi connectivity index (χ2n) is 7.17. The summed E-state index contributed by atoms with van der Waals surface area (Å²) in [5, 5.41) is 0. The molecule has 1 atom stereocenters. The number of para-hydroxylation sites is 1. The molecule has 2 saturated heterocycles. The lowest BCUT2D eigenvalue weighted by Gasteiger charge is -2.36. The summed E-state index contributed by atoms with van der Waals surface area (Å²) < 4.78 is 29.2. The van der Waals surface area contributed by atoms with Crippen molar-refractivity contribution in [2.75, 3.05) is 57.3 Å². The standard InChI is InChI=1S/C18H30N4O2S/c1-17-6-5-10-22(16-17)25(23,24)19-9-11-20-12-14-21(15-13-20)18-7-3-2-4-8-18/h2-4,7-8,17,19H,5-6,9-16H2,1H3/t17-/m1/s1. The monoisotopic (exact) mass is 366 g/mol. The van der Waals surface area contributed by atoms with Crippen molar-refractivity contribution in [1.82, 2.24) is 13.9 Å².